The number of ether oxygens (including phenoxy) is 2. The van der Waals surface area contributed by atoms with Gasteiger partial charge in [0.1, 0.15) is 0 Å². The van der Waals surface area contributed by atoms with Gasteiger partial charge in [0.15, 0.2) is 17.3 Å². The van der Waals surface area contributed by atoms with Gasteiger partial charge in [-0.2, -0.15) is 0 Å². The molecule has 1 aromatic heterocycles. The van der Waals surface area contributed by atoms with E-state index in [-0.39, 0.29) is 11.8 Å². The van der Waals surface area contributed by atoms with Crippen molar-refractivity contribution < 1.29 is 23.5 Å². The van der Waals surface area contributed by atoms with Crippen molar-refractivity contribution >= 4 is 11.8 Å². The molecule has 0 saturated carbocycles. The van der Waals surface area contributed by atoms with Crippen LogP contribution in [0.25, 0.3) is 0 Å². The van der Waals surface area contributed by atoms with E-state index in [9.17, 15) is 9.59 Å². The Morgan fingerprint density at radius 1 is 1.07 bits per heavy atom. The number of amides is 2. The molecule has 1 fully saturated rings. The molecule has 0 atom stereocenters. The van der Waals surface area contributed by atoms with Gasteiger partial charge in [0.2, 0.25) is 0 Å². The fourth-order valence-corrected chi connectivity index (χ4v) is 3.15. The maximum Gasteiger partial charge on any atom is 0.287 e. The molecule has 1 aliphatic heterocycles. The highest BCUT2D eigenvalue weighted by atomic mass is 16.5. The quantitative estimate of drug-likeness (QED) is 0.775. The minimum atomic E-state index is -0.215. The molecule has 0 spiro atoms. The molecule has 1 aromatic carbocycles. The van der Waals surface area contributed by atoms with E-state index in [0.29, 0.717) is 42.5 Å². The van der Waals surface area contributed by atoms with Crippen molar-refractivity contribution in [1.82, 2.24) is 15.1 Å². The molecule has 1 N–H and O–H groups in total. The van der Waals surface area contributed by atoms with E-state index in [2.05, 4.69) is 10.2 Å². The summed E-state index contributed by atoms with van der Waals surface area (Å²) in [4.78, 5) is 28.7. The number of nitrogens with one attached hydrogen (secondary N) is 1. The number of rotatable bonds is 7. The van der Waals surface area contributed by atoms with Crippen LogP contribution in [0.3, 0.4) is 0 Å². The number of carbonyl (C=O) groups excluding carboxylic acids is 2. The summed E-state index contributed by atoms with van der Waals surface area (Å²) in [6.45, 7) is 4.05. The summed E-state index contributed by atoms with van der Waals surface area (Å²) in [6.07, 6.45) is 1.48. The van der Waals surface area contributed by atoms with Gasteiger partial charge >= 0.3 is 0 Å². The first kappa shape index (κ1) is 19.8. The minimum Gasteiger partial charge on any atom is -0.493 e. The first-order valence-corrected chi connectivity index (χ1v) is 9.17. The lowest BCUT2D eigenvalue weighted by atomic mass is 10.1. The molecule has 2 amide bonds. The molecule has 28 heavy (non-hydrogen) atoms. The molecular weight excluding hydrogens is 362 g/mol. The first-order valence-electron chi connectivity index (χ1n) is 9.17. The molecule has 8 nitrogen and oxygen atoms in total. The van der Waals surface area contributed by atoms with Crippen LogP contribution in [0.15, 0.2) is 41.0 Å². The number of benzene rings is 1. The number of hydrogen-bond acceptors (Lipinski definition) is 6. The van der Waals surface area contributed by atoms with Gasteiger partial charge in [-0.15, -0.1) is 0 Å². The molecule has 0 radical (unpaired) electrons. The molecule has 1 aliphatic rings. The lowest BCUT2D eigenvalue weighted by molar-refractivity contribution is 0.0637. The Hall–Kier alpha value is -3.00. The summed E-state index contributed by atoms with van der Waals surface area (Å²) in [5.74, 6) is 1.21. The monoisotopic (exact) mass is 387 g/mol. The number of piperazine rings is 1. The third-order valence-corrected chi connectivity index (χ3v) is 4.75. The van der Waals surface area contributed by atoms with Crippen molar-refractivity contribution in [3.05, 3.63) is 47.9 Å². The highest BCUT2D eigenvalue weighted by molar-refractivity contribution is 5.95. The van der Waals surface area contributed by atoms with Crippen molar-refractivity contribution in [3.63, 3.8) is 0 Å². The predicted octanol–water partition coefficient (Wildman–Crippen LogP) is 1.48. The summed E-state index contributed by atoms with van der Waals surface area (Å²) in [6, 6.07) is 8.51. The van der Waals surface area contributed by atoms with Crippen LogP contribution in [0.5, 0.6) is 11.5 Å². The molecule has 0 unspecified atom stereocenters. The number of nitrogens with zero attached hydrogens (tertiary/aromatic N) is 2. The van der Waals surface area contributed by atoms with Crippen LogP contribution in [-0.2, 0) is 0 Å². The second-order valence-corrected chi connectivity index (χ2v) is 6.44. The number of methoxy groups -OCH3 is 2. The smallest absolute Gasteiger partial charge is 0.287 e. The van der Waals surface area contributed by atoms with Gasteiger partial charge in [0, 0.05) is 44.8 Å². The Kier molecular flexibility index (Phi) is 6.54. The van der Waals surface area contributed by atoms with Crippen molar-refractivity contribution in [1.29, 1.82) is 0 Å². The molecular formula is C20H25N3O5. The molecule has 3 rings (SSSR count). The Bertz CT molecular complexity index is 798. The van der Waals surface area contributed by atoms with Gasteiger partial charge in [-0.05, 0) is 30.3 Å². The Morgan fingerprint density at radius 2 is 1.82 bits per heavy atom. The number of furan rings is 1. The topological polar surface area (TPSA) is 84.3 Å². The third-order valence-electron chi connectivity index (χ3n) is 4.75. The van der Waals surface area contributed by atoms with Gasteiger partial charge < -0.3 is 24.1 Å². The van der Waals surface area contributed by atoms with E-state index < -0.39 is 0 Å². The van der Waals surface area contributed by atoms with Crippen LogP contribution < -0.4 is 14.8 Å². The normalized spacial score (nSPS) is 14.6. The van der Waals surface area contributed by atoms with Gasteiger partial charge in [-0.25, -0.2) is 0 Å². The SMILES string of the molecule is COc1ccc(C(=O)N2CCN(CCNC(=O)c3ccco3)CC2)cc1OC. The standard InChI is InChI=1S/C20H25N3O5/c1-26-16-6-5-15(14-18(16)27-2)20(25)23-11-9-22(10-12-23)8-7-21-19(24)17-4-3-13-28-17/h3-6,13-14H,7-12H2,1-2H3,(H,21,24). The molecule has 0 bridgehead atoms. The van der Waals surface area contributed by atoms with Crippen LogP contribution >= 0.6 is 0 Å². The van der Waals surface area contributed by atoms with Gasteiger partial charge in [0.25, 0.3) is 11.8 Å². The molecule has 2 aromatic rings. The molecule has 0 aliphatic carbocycles. The van der Waals surface area contributed by atoms with Crippen LogP contribution in [-0.4, -0.2) is 75.1 Å². The lowest BCUT2D eigenvalue weighted by Crippen LogP contribution is -2.50. The van der Waals surface area contributed by atoms with Crippen molar-refractivity contribution in [2.45, 2.75) is 0 Å². The van der Waals surface area contributed by atoms with Crippen LogP contribution in [0.4, 0.5) is 0 Å². The van der Waals surface area contributed by atoms with Crippen LogP contribution in [0.2, 0.25) is 0 Å². The summed E-state index contributed by atoms with van der Waals surface area (Å²) in [5.41, 5.74) is 0.580. The van der Waals surface area contributed by atoms with E-state index in [1.807, 2.05) is 4.90 Å². The van der Waals surface area contributed by atoms with Crippen molar-refractivity contribution in [3.8, 4) is 11.5 Å². The minimum absolute atomic E-state index is 0.0216. The van der Waals surface area contributed by atoms with E-state index in [0.717, 1.165) is 19.6 Å². The highest BCUT2D eigenvalue weighted by Crippen LogP contribution is 2.28. The summed E-state index contributed by atoms with van der Waals surface area (Å²) in [7, 11) is 3.12. The Morgan fingerprint density at radius 3 is 2.46 bits per heavy atom. The zero-order valence-corrected chi connectivity index (χ0v) is 16.1. The lowest BCUT2D eigenvalue weighted by Gasteiger charge is -2.34. The summed E-state index contributed by atoms with van der Waals surface area (Å²) < 4.78 is 15.6. The second kappa shape index (κ2) is 9.27. The maximum absolute atomic E-state index is 12.8. The Balaban J connectivity index is 1.46. The van der Waals surface area contributed by atoms with Crippen molar-refractivity contribution in [2.75, 3.05) is 53.5 Å². The number of hydrogen-bond donors (Lipinski definition) is 1. The zero-order chi connectivity index (χ0) is 19.9. The average Bonchev–Trinajstić information content (AvgIpc) is 3.28. The number of carbonyl (C=O) groups is 2. The largest absolute Gasteiger partial charge is 0.493 e. The van der Waals surface area contributed by atoms with E-state index >= 15 is 0 Å². The zero-order valence-electron chi connectivity index (χ0n) is 16.1. The third kappa shape index (κ3) is 4.64. The molecule has 1 saturated heterocycles. The molecule has 8 heteroatoms. The predicted molar refractivity (Wildman–Crippen MR) is 103 cm³/mol. The fourth-order valence-electron chi connectivity index (χ4n) is 3.15. The molecule has 2 heterocycles. The van der Waals surface area contributed by atoms with Gasteiger partial charge in [-0.3, -0.25) is 14.5 Å². The fraction of sp³-hybridized carbons (Fsp3) is 0.400. The summed E-state index contributed by atoms with van der Waals surface area (Å²) in [5, 5.41) is 2.84. The second-order valence-electron chi connectivity index (χ2n) is 6.44. The average molecular weight is 387 g/mol. The highest BCUT2D eigenvalue weighted by Gasteiger charge is 2.23. The van der Waals surface area contributed by atoms with Crippen molar-refractivity contribution in [2.24, 2.45) is 0 Å². The van der Waals surface area contributed by atoms with E-state index in [1.54, 1.807) is 44.6 Å². The van der Waals surface area contributed by atoms with Crippen LogP contribution in [0, 0.1) is 0 Å². The molecule has 150 valence electrons. The summed E-state index contributed by atoms with van der Waals surface area (Å²) >= 11 is 0. The van der Waals surface area contributed by atoms with Gasteiger partial charge in [0.05, 0.1) is 20.5 Å². The first-order chi connectivity index (χ1) is 13.6. The van der Waals surface area contributed by atoms with E-state index in [1.165, 1.54) is 6.26 Å². The maximum atomic E-state index is 12.8. The van der Waals surface area contributed by atoms with E-state index in [4.69, 9.17) is 13.9 Å². The Labute approximate surface area is 164 Å². The van der Waals surface area contributed by atoms with Gasteiger partial charge in [-0.1, -0.05) is 0 Å². The van der Waals surface area contributed by atoms with Crippen LogP contribution in [0.1, 0.15) is 20.9 Å².